The molecule has 9 nitrogen and oxygen atoms in total. The molecule has 3 rings (SSSR count). The summed E-state index contributed by atoms with van der Waals surface area (Å²) in [5, 5.41) is 11.1. The Morgan fingerprint density at radius 2 is 1.90 bits per heavy atom. The molecule has 0 unspecified atom stereocenters. The molecular formula is C22H26N2O7. The minimum Gasteiger partial charge on any atom is -0.488 e. The highest BCUT2D eigenvalue weighted by atomic mass is 16.6. The van der Waals surface area contributed by atoms with Crippen molar-refractivity contribution in [1.82, 2.24) is 4.90 Å². The third-order valence-corrected chi connectivity index (χ3v) is 4.30. The van der Waals surface area contributed by atoms with E-state index in [0.29, 0.717) is 36.0 Å². The number of carbonyl (C=O) groups is 1. The number of carbonyl (C=O) groups excluding carboxylic acids is 1. The Morgan fingerprint density at radius 3 is 2.65 bits per heavy atom. The fourth-order valence-electron chi connectivity index (χ4n) is 2.98. The SMILES string of the molecule is CC(C)(C)OC(=O)N(CCOc1cccc2c1OCCO2)Cc1cccc([N+](=O)[O-])c1. The topological polar surface area (TPSA) is 100 Å². The average Bonchev–Trinajstić information content (AvgIpc) is 2.72. The van der Waals surface area contributed by atoms with E-state index >= 15 is 0 Å². The first-order chi connectivity index (χ1) is 14.7. The van der Waals surface area contributed by atoms with Crippen LogP contribution in [0.2, 0.25) is 0 Å². The maximum Gasteiger partial charge on any atom is 0.410 e. The third kappa shape index (κ3) is 6.24. The van der Waals surface area contributed by atoms with Gasteiger partial charge < -0.3 is 23.8 Å². The van der Waals surface area contributed by atoms with Crippen molar-refractivity contribution in [2.45, 2.75) is 32.9 Å². The molecule has 2 aromatic carbocycles. The standard InChI is InChI=1S/C22H26N2O7/c1-22(2,3)31-21(25)23(15-16-6-4-7-17(14-16)24(26)27)10-11-28-18-8-5-9-19-20(18)30-13-12-29-19/h4-9,14H,10-13,15H2,1-3H3. The normalized spacial score (nSPS) is 12.7. The number of non-ortho nitro benzene ring substituents is 1. The lowest BCUT2D eigenvalue weighted by Crippen LogP contribution is -2.38. The minimum atomic E-state index is -0.678. The number of nitrogens with zero attached hydrogens (tertiary/aromatic N) is 2. The zero-order chi connectivity index (χ0) is 22.4. The second-order valence-electron chi connectivity index (χ2n) is 7.96. The van der Waals surface area contributed by atoms with Gasteiger partial charge in [0, 0.05) is 18.7 Å². The lowest BCUT2D eigenvalue weighted by atomic mass is 10.2. The minimum absolute atomic E-state index is 0.0362. The average molecular weight is 430 g/mol. The zero-order valence-electron chi connectivity index (χ0n) is 17.8. The zero-order valence-corrected chi connectivity index (χ0v) is 17.8. The molecule has 0 saturated carbocycles. The van der Waals surface area contributed by atoms with Gasteiger partial charge in [0.1, 0.15) is 25.4 Å². The van der Waals surface area contributed by atoms with E-state index in [2.05, 4.69) is 0 Å². The van der Waals surface area contributed by atoms with Gasteiger partial charge >= 0.3 is 6.09 Å². The van der Waals surface area contributed by atoms with E-state index in [0.717, 1.165) is 0 Å². The first kappa shape index (κ1) is 22.2. The van der Waals surface area contributed by atoms with Gasteiger partial charge in [0.25, 0.3) is 5.69 Å². The van der Waals surface area contributed by atoms with Crippen molar-refractivity contribution >= 4 is 11.8 Å². The third-order valence-electron chi connectivity index (χ3n) is 4.30. The molecule has 0 saturated heterocycles. The Morgan fingerprint density at radius 1 is 1.16 bits per heavy atom. The molecule has 0 bridgehead atoms. The van der Waals surface area contributed by atoms with Crippen LogP contribution in [-0.4, -0.2) is 47.9 Å². The Labute approximate surface area is 180 Å². The quantitative estimate of drug-likeness (QED) is 0.480. The Balaban J connectivity index is 1.70. The summed E-state index contributed by atoms with van der Waals surface area (Å²) in [4.78, 5) is 24.8. The molecule has 1 amide bonds. The molecule has 0 fully saturated rings. The van der Waals surface area contributed by atoms with E-state index < -0.39 is 16.6 Å². The first-order valence-electron chi connectivity index (χ1n) is 9.95. The van der Waals surface area contributed by atoms with E-state index in [1.807, 2.05) is 0 Å². The summed E-state index contributed by atoms with van der Waals surface area (Å²) in [6.07, 6.45) is -0.530. The Kier molecular flexibility index (Phi) is 6.84. The maximum atomic E-state index is 12.7. The molecule has 0 atom stereocenters. The number of hydrogen-bond acceptors (Lipinski definition) is 7. The van der Waals surface area contributed by atoms with Crippen LogP contribution in [-0.2, 0) is 11.3 Å². The molecule has 0 N–H and O–H groups in total. The van der Waals surface area contributed by atoms with Crippen molar-refractivity contribution < 1.29 is 28.7 Å². The number of amides is 1. The molecule has 0 spiro atoms. The number of para-hydroxylation sites is 1. The molecule has 1 heterocycles. The molecule has 9 heteroatoms. The highest BCUT2D eigenvalue weighted by Gasteiger charge is 2.23. The van der Waals surface area contributed by atoms with Crippen molar-refractivity contribution in [1.29, 1.82) is 0 Å². The summed E-state index contributed by atoms with van der Waals surface area (Å²) in [6.45, 7) is 6.78. The smallest absolute Gasteiger partial charge is 0.410 e. The van der Waals surface area contributed by atoms with Crippen LogP contribution in [0.4, 0.5) is 10.5 Å². The monoisotopic (exact) mass is 430 g/mol. The Hall–Kier alpha value is -3.49. The van der Waals surface area contributed by atoms with Crippen LogP contribution in [0.25, 0.3) is 0 Å². The fourth-order valence-corrected chi connectivity index (χ4v) is 2.98. The van der Waals surface area contributed by atoms with Gasteiger partial charge in [-0.05, 0) is 38.5 Å². The van der Waals surface area contributed by atoms with Gasteiger partial charge in [-0.3, -0.25) is 10.1 Å². The molecule has 1 aliphatic rings. The van der Waals surface area contributed by atoms with E-state index in [4.69, 9.17) is 18.9 Å². The van der Waals surface area contributed by atoms with E-state index in [-0.39, 0.29) is 25.4 Å². The fraction of sp³-hybridized carbons (Fsp3) is 0.409. The van der Waals surface area contributed by atoms with Gasteiger partial charge in [0.15, 0.2) is 11.5 Å². The highest BCUT2D eigenvalue weighted by molar-refractivity contribution is 5.68. The van der Waals surface area contributed by atoms with Crippen LogP contribution < -0.4 is 14.2 Å². The molecule has 0 radical (unpaired) electrons. The number of fused-ring (bicyclic) bond motifs is 1. The number of hydrogen-bond donors (Lipinski definition) is 0. The van der Waals surface area contributed by atoms with E-state index in [1.165, 1.54) is 17.0 Å². The van der Waals surface area contributed by atoms with Gasteiger partial charge in [-0.1, -0.05) is 18.2 Å². The Bertz CT molecular complexity index is 940. The molecule has 0 aromatic heterocycles. The number of rotatable bonds is 7. The van der Waals surface area contributed by atoms with Crippen LogP contribution in [0.1, 0.15) is 26.3 Å². The number of nitro groups is 1. The molecule has 31 heavy (non-hydrogen) atoms. The molecule has 166 valence electrons. The first-order valence-corrected chi connectivity index (χ1v) is 9.95. The van der Waals surface area contributed by atoms with Crippen LogP contribution in [0.15, 0.2) is 42.5 Å². The lowest BCUT2D eigenvalue weighted by Gasteiger charge is -2.28. The molecule has 1 aliphatic heterocycles. The van der Waals surface area contributed by atoms with Crippen molar-refractivity contribution in [3.05, 3.63) is 58.1 Å². The van der Waals surface area contributed by atoms with Crippen LogP contribution in [0, 0.1) is 10.1 Å². The predicted molar refractivity (Wildman–Crippen MR) is 113 cm³/mol. The van der Waals surface area contributed by atoms with Crippen LogP contribution in [0.5, 0.6) is 17.2 Å². The van der Waals surface area contributed by atoms with Gasteiger partial charge in [-0.15, -0.1) is 0 Å². The van der Waals surface area contributed by atoms with Crippen molar-refractivity contribution in [3.63, 3.8) is 0 Å². The summed E-state index contributed by atoms with van der Waals surface area (Å²) >= 11 is 0. The second kappa shape index (κ2) is 9.55. The summed E-state index contributed by atoms with van der Waals surface area (Å²) in [7, 11) is 0. The maximum absolute atomic E-state index is 12.7. The van der Waals surface area contributed by atoms with E-state index in [1.54, 1.807) is 51.1 Å². The second-order valence-corrected chi connectivity index (χ2v) is 7.96. The molecule has 2 aromatic rings. The predicted octanol–water partition coefficient (Wildman–Crippen LogP) is 4.18. The van der Waals surface area contributed by atoms with Crippen molar-refractivity contribution in [2.24, 2.45) is 0 Å². The number of ether oxygens (including phenoxy) is 4. The van der Waals surface area contributed by atoms with Gasteiger partial charge in [0.05, 0.1) is 11.5 Å². The van der Waals surface area contributed by atoms with Gasteiger partial charge in [0.2, 0.25) is 5.75 Å². The van der Waals surface area contributed by atoms with Gasteiger partial charge in [-0.25, -0.2) is 4.79 Å². The largest absolute Gasteiger partial charge is 0.488 e. The van der Waals surface area contributed by atoms with Crippen LogP contribution in [0.3, 0.4) is 0 Å². The van der Waals surface area contributed by atoms with E-state index in [9.17, 15) is 14.9 Å². The summed E-state index contributed by atoms with van der Waals surface area (Å²) in [5.74, 6) is 1.68. The summed E-state index contributed by atoms with van der Waals surface area (Å²) in [6, 6.07) is 11.5. The highest BCUT2D eigenvalue weighted by Crippen LogP contribution is 2.38. The number of benzene rings is 2. The summed E-state index contributed by atoms with van der Waals surface area (Å²) < 4.78 is 22.5. The van der Waals surface area contributed by atoms with Crippen molar-refractivity contribution in [3.8, 4) is 17.2 Å². The van der Waals surface area contributed by atoms with Crippen LogP contribution >= 0.6 is 0 Å². The van der Waals surface area contributed by atoms with Crippen molar-refractivity contribution in [2.75, 3.05) is 26.4 Å². The summed E-state index contributed by atoms with van der Waals surface area (Å²) in [5.41, 5.74) is -0.0948. The molecular weight excluding hydrogens is 404 g/mol. The van der Waals surface area contributed by atoms with Gasteiger partial charge in [-0.2, -0.15) is 0 Å². The lowest BCUT2D eigenvalue weighted by molar-refractivity contribution is -0.384. The molecule has 0 aliphatic carbocycles. The number of nitro benzene ring substituents is 1.